The minimum absolute atomic E-state index is 0.0139. The lowest BCUT2D eigenvalue weighted by atomic mass is 9.70. The lowest BCUT2D eigenvalue weighted by Crippen LogP contribution is -2.41. The van der Waals surface area contributed by atoms with Gasteiger partial charge in [-0.2, -0.15) is 13.4 Å². The minimum Gasteiger partial charge on any atom is -0.474 e. The molecule has 0 spiro atoms. The minimum atomic E-state index is -4.23. The third-order valence-corrected chi connectivity index (χ3v) is 10.8. The number of rotatable bonds is 6. The predicted octanol–water partition coefficient (Wildman–Crippen LogP) is 4.81. The summed E-state index contributed by atoms with van der Waals surface area (Å²) >= 11 is 0. The van der Waals surface area contributed by atoms with Crippen molar-refractivity contribution >= 4 is 21.7 Å². The van der Waals surface area contributed by atoms with Crippen molar-refractivity contribution in [2.45, 2.75) is 83.9 Å². The van der Waals surface area contributed by atoms with Crippen LogP contribution in [0.3, 0.4) is 0 Å². The largest absolute Gasteiger partial charge is 0.474 e. The van der Waals surface area contributed by atoms with E-state index in [-0.39, 0.29) is 38.9 Å². The smallest absolute Gasteiger partial charge is 0.281 e. The zero-order valence-electron chi connectivity index (χ0n) is 22.6. The van der Waals surface area contributed by atoms with Crippen LogP contribution in [0, 0.1) is 22.7 Å². The van der Waals surface area contributed by atoms with Crippen LogP contribution in [0.25, 0.3) is 0 Å². The van der Waals surface area contributed by atoms with Crippen molar-refractivity contribution in [3.63, 3.8) is 0 Å². The molecule has 2 saturated carbocycles. The Kier molecular flexibility index (Phi) is 6.09. The highest BCUT2D eigenvalue weighted by Crippen LogP contribution is 2.66. The topological polar surface area (TPSA) is 101 Å². The molecule has 5 rings (SSSR count). The second-order valence-corrected chi connectivity index (χ2v) is 14.2. The molecule has 1 amide bonds. The maximum atomic E-state index is 13.3. The summed E-state index contributed by atoms with van der Waals surface area (Å²) in [6.07, 6.45) is 5.78. The van der Waals surface area contributed by atoms with E-state index in [4.69, 9.17) is 4.74 Å². The van der Waals surface area contributed by atoms with Crippen LogP contribution >= 0.6 is 0 Å². The van der Waals surface area contributed by atoms with Crippen LogP contribution in [0.1, 0.15) is 77.6 Å². The number of carbonyl (C=O) groups excluding carboxylic acids is 1. The van der Waals surface area contributed by atoms with Crippen LogP contribution in [0.15, 0.2) is 41.6 Å². The molecule has 1 aliphatic heterocycles. The van der Waals surface area contributed by atoms with Crippen LogP contribution in [0.4, 0.5) is 5.82 Å². The van der Waals surface area contributed by atoms with E-state index in [1.807, 2.05) is 0 Å². The number of aromatic nitrogens is 2. The molecule has 3 aliphatic rings. The van der Waals surface area contributed by atoms with Crippen molar-refractivity contribution in [1.82, 2.24) is 14.7 Å². The van der Waals surface area contributed by atoms with Gasteiger partial charge in [0.05, 0.1) is 5.56 Å². The van der Waals surface area contributed by atoms with Gasteiger partial charge in [0.25, 0.3) is 15.9 Å². The van der Waals surface area contributed by atoms with Crippen LogP contribution in [-0.2, 0) is 10.0 Å². The van der Waals surface area contributed by atoms with E-state index in [0.717, 1.165) is 25.8 Å². The maximum Gasteiger partial charge on any atom is 0.281 e. The van der Waals surface area contributed by atoms with Crippen LogP contribution in [-0.4, -0.2) is 42.5 Å². The van der Waals surface area contributed by atoms with Gasteiger partial charge in [-0.25, -0.2) is 9.71 Å². The highest BCUT2D eigenvalue weighted by atomic mass is 32.2. The van der Waals surface area contributed by atoms with E-state index >= 15 is 0 Å². The van der Waals surface area contributed by atoms with Gasteiger partial charge in [-0.3, -0.25) is 4.79 Å². The van der Waals surface area contributed by atoms with Gasteiger partial charge >= 0.3 is 0 Å². The van der Waals surface area contributed by atoms with Crippen molar-refractivity contribution in [2.24, 2.45) is 22.7 Å². The SMILES string of the molecule is CC1CN(c2ncccc2C(=O)NS(=O)(=O)c2cccc(OC3CC4CCC3(C)C4(C)C)n2)C(C)(C)C1. The number of carbonyl (C=O) groups is 1. The Labute approximate surface area is 220 Å². The second-order valence-electron chi connectivity index (χ2n) is 12.6. The first-order chi connectivity index (χ1) is 17.2. The summed E-state index contributed by atoms with van der Waals surface area (Å²) in [7, 11) is -4.23. The Balaban J connectivity index is 1.36. The van der Waals surface area contributed by atoms with Crippen molar-refractivity contribution in [3.05, 3.63) is 42.1 Å². The number of hydrogen-bond donors (Lipinski definition) is 1. The van der Waals surface area contributed by atoms with Gasteiger partial charge in [-0.1, -0.05) is 33.8 Å². The third kappa shape index (κ3) is 4.29. The van der Waals surface area contributed by atoms with Gasteiger partial charge in [0.2, 0.25) is 5.88 Å². The zero-order chi connectivity index (χ0) is 26.8. The Bertz CT molecular complexity index is 1320. The zero-order valence-corrected chi connectivity index (χ0v) is 23.4. The van der Waals surface area contributed by atoms with Crippen molar-refractivity contribution in [3.8, 4) is 5.88 Å². The summed E-state index contributed by atoms with van der Waals surface area (Å²) < 4.78 is 35.0. The molecule has 3 heterocycles. The molecule has 4 unspecified atom stereocenters. The summed E-state index contributed by atoms with van der Waals surface area (Å²) in [5.41, 5.74) is 0.205. The Morgan fingerprint density at radius 3 is 2.51 bits per heavy atom. The number of amides is 1. The number of anilines is 1. The van der Waals surface area contributed by atoms with Gasteiger partial charge < -0.3 is 9.64 Å². The second kappa shape index (κ2) is 8.68. The average molecular weight is 527 g/mol. The average Bonchev–Trinajstić information content (AvgIpc) is 3.30. The third-order valence-electron chi connectivity index (χ3n) is 9.54. The highest BCUT2D eigenvalue weighted by molar-refractivity contribution is 7.90. The molecule has 4 atom stereocenters. The first kappa shape index (κ1) is 25.9. The van der Waals surface area contributed by atoms with Gasteiger partial charge in [0.1, 0.15) is 11.9 Å². The number of nitrogens with zero attached hydrogens (tertiary/aromatic N) is 3. The lowest BCUT2D eigenvalue weighted by molar-refractivity contribution is 0.0269. The first-order valence-corrected chi connectivity index (χ1v) is 14.7. The molecule has 2 aliphatic carbocycles. The predicted molar refractivity (Wildman–Crippen MR) is 142 cm³/mol. The lowest BCUT2D eigenvalue weighted by Gasteiger charge is -2.38. The number of sulfonamides is 1. The monoisotopic (exact) mass is 526 g/mol. The van der Waals surface area contributed by atoms with Crippen molar-refractivity contribution in [2.75, 3.05) is 11.4 Å². The molecular weight excluding hydrogens is 488 g/mol. The molecule has 2 aromatic rings. The Morgan fingerprint density at radius 1 is 1.14 bits per heavy atom. The molecule has 1 saturated heterocycles. The molecule has 0 radical (unpaired) electrons. The molecule has 0 aromatic carbocycles. The summed E-state index contributed by atoms with van der Waals surface area (Å²) in [4.78, 5) is 24.1. The van der Waals surface area contributed by atoms with E-state index < -0.39 is 15.9 Å². The van der Waals surface area contributed by atoms with Crippen molar-refractivity contribution < 1.29 is 17.9 Å². The summed E-state index contributed by atoms with van der Waals surface area (Å²) in [5.74, 6) is 1.05. The Morgan fingerprint density at radius 2 is 1.89 bits per heavy atom. The highest BCUT2D eigenvalue weighted by Gasteiger charge is 2.62. The summed E-state index contributed by atoms with van der Waals surface area (Å²) in [5, 5.41) is -0.244. The quantitative estimate of drug-likeness (QED) is 0.576. The fraction of sp³-hybridized carbons (Fsp3) is 0.607. The fourth-order valence-electron chi connectivity index (χ4n) is 7.04. The molecule has 8 nitrogen and oxygen atoms in total. The van der Waals surface area contributed by atoms with Crippen molar-refractivity contribution in [1.29, 1.82) is 0 Å². The number of nitrogens with one attached hydrogen (secondary N) is 1. The number of hydrogen-bond acceptors (Lipinski definition) is 7. The molecule has 200 valence electrons. The number of pyridine rings is 2. The molecular formula is C28H38N4O4S. The van der Waals surface area contributed by atoms with Crippen LogP contribution in [0.5, 0.6) is 5.88 Å². The van der Waals surface area contributed by atoms with E-state index in [1.54, 1.807) is 30.5 Å². The molecule has 2 aromatic heterocycles. The standard InChI is InChI=1S/C28H38N4O4S/c1-18-16-26(2,3)32(17-18)24-20(9-8-14-29-24)25(33)31-37(34,35)23-11-7-10-22(30-23)36-21-15-19-12-13-28(21,6)27(19,4)5/h7-11,14,18-19,21H,12-13,15-17H2,1-6H3,(H,31,33). The number of fused-ring (bicyclic) bond motifs is 2. The van der Waals surface area contributed by atoms with E-state index in [0.29, 0.717) is 17.7 Å². The van der Waals surface area contributed by atoms with E-state index in [1.165, 1.54) is 12.5 Å². The molecule has 2 bridgehead atoms. The molecule has 37 heavy (non-hydrogen) atoms. The maximum absolute atomic E-state index is 13.3. The van der Waals surface area contributed by atoms with Crippen LogP contribution < -0.4 is 14.4 Å². The summed E-state index contributed by atoms with van der Waals surface area (Å²) in [6, 6.07) is 7.91. The Hall–Kier alpha value is -2.68. The van der Waals surface area contributed by atoms with Gasteiger partial charge in [0, 0.05) is 29.8 Å². The number of ether oxygens (including phenoxy) is 1. The molecule has 9 heteroatoms. The first-order valence-electron chi connectivity index (χ1n) is 13.2. The normalized spacial score (nSPS) is 29.9. The fourth-order valence-corrected chi connectivity index (χ4v) is 7.97. The van der Waals surface area contributed by atoms with Gasteiger partial charge in [0.15, 0.2) is 5.03 Å². The van der Waals surface area contributed by atoms with Crippen LogP contribution in [0.2, 0.25) is 0 Å². The van der Waals surface area contributed by atoms with E-state index in [9.17, 15) is 13.2 Å². The molecule has 1 N–H and O–H groups in total. The summed E-state index contributed by atoms with van der Waals surface area (Å²) in [6.45, 7) is 14.0. The van der Waals surface area contributed by atoms with E-state index in [2.05, 4.69) is 61.1 Å². The van der Waals surface area contributed by atoms with Gasteiger partial charge in [-0.15, -0.1) is 0 Å². The van der Waals surface area contributed by atoms with Gasteiger partial charge in [-0.05, 0) is 75.0 Å². The molecule has 3 fully saturated rings.